The van der Waals surface area contributed by atoms with Gasteiger partial charge in [-0.1, -0.05) is 31.2 Å². The van der Waals surface area contributed by atoms with Crippen molar-refractivity contribution in [2.24, 2.45) is 0 Å². The maximum atomic E-state index is 13.5. The molecule has 0 aliphatic rings. The fourth-order valence-corrected chi connectivity index (χ4v) is 2.86. The Bertz CT molecular complexity index is 648. The topological polar surface area (TPSA) is 33.1 Å². The van der Waals surface area contributed by atoms with Crippen LogP contribution in [-0.2, 0) is 19.0 Å². The highest BCUT2D eigenvalue weighted by Gasteiger charge is 2.61. The molecule has 0 aliphatic heterocycles. The summed E-state index contributed by atoms with van der Waals surface area (Å²) in [5.41, 5.74) is 0.845. The van der Waals surface area contributed by atoms with Gasteiger partial charge in [-0.15, -0.1) is 0 Å². The highest BCUT2D eigenvalue weighted by molar-refractivity contribution is 7.06. The first-order valence-corrected chi connectivity index (χ1v) is 7.13. The number of hydrogen-bond donors (Lipinski definition) is 1. The Kier molecular flexibility index (Phi) is 4.53. The summed E-state index contributed by atoms with van der Waals surface area (Å²) in [6.07, 6.45) is -4.96. The zero-order valence-electron chi connectivity index (χ0n) is 11.4. The number of rotatable bonds is 4. The van der Waals surface area contributed by atoms with E-state index in [1.165, 1.54) is 0 Å². The summed E-state index contributed by atoms with van der Waals surface area (Å²) in [7, 11) is 0. The number of aromatic nitrogens is 1. The lowest BCUT2D eigenvalue weighted by molar-refractivity contribution is -0.288. The molecule has 0 aliphatic carbocycles. The van der Waals surface area contributed by atoms with Crippen molar-refractivity contribution >= 4 is 11.5 Å². The maximum Gasteiger partial charge on any atom is 0.459 e. The van der Waals surface area contributed by atoms with Crippen molar-refractivity contribution in [2.45, 2.75) is 32.1 Å². The molecule has 0 saturated carbocycles. The SMILES string of the molecule is CCc1ccc(-c2nsc(C(F)(F)C(F)(F)F)c2CO)cc1. The molecule has 0 amide bonds. The largest absolute Gasteiger partial charge is 0.459 e. The van der Waals surface area contributed by atoms with Crippen molar-refractivity contribution in [1.29, 1.82) is 0 Å². The minimum atomic E-state index is -5.73. The molecule has 0 unspecified atom stereocenters. The second kappa shape index (κ2) is 5.92. The second-order valence-electron chi connectivity index (χ2n) is 4.62. The van der Waals surface area contributed by atoms with Crippen LogP contribution in [-0.4, -0.2) is 15.7 Å². The highest BCUT2D eigenvalue weighted by Crippen LogP contribution is 2.48. The van der Waals surface area contributed by atoms with Gasteiger partial charge in [-0.2, -0.15) is 26.3 Å². The number of alkyl halides is 5. The van der Waals surface area contributed by atoms with E-state index in [0.717, 1.165) is 12.0 Å². The molecule has 2 nitrogen and oxygen atoms in total. The van der Waals surface area contributed by atoms with Crippen molar-refractivity contribution in [3.05, 3.63) is 40.3 Å². The van der Waals surface area contributed by atoms with E-state index in [1.807, 2.05) is 6.92 Å². The predicted octanol–water partition coefficient (Wildman–Crippen LogP) is 4.52. The summed E-state index contributed by atoms with van der Waals surface area (Å²) in [4.78, 5) is -1.27. The van der Waals surface area contributed by atoms with Gasteiger partial charge in [0.1, 0.15) is 4.88 Å². The van der Waals surface area contributed by atoms with Crippen molar-refractivity contribution in [2.75, 3.05) is 0 Å². The third-order valence-electron chi connectivity index (χ3n) is 3.22. The summed E-state index contributed by atoms with van der Waals surface area (Å²) in [5.74, 6) is -5.04. The van der Waals surface area contributed by atoms with E-state index in [-0.39, 0.29) is 17.2 Å². The predicted molar refractivity (Wildman–Crippen MR) is 72.8 cm³/mol. The second-order valence-corrected chi connectivity index (χ2v) is 5.39. The first kappa shape index (κ1) is 16.8. The number of aliphatic hydroxyl groups excluding tert-OH is 1. The number of benzene rings is 1. The quantitative estimate of drug-likeness (QED) is 0.832. The van der Waals surface area contributed by atoms with Gasteiger partial charge in [-0.05, 0) is 23.5 Å². The van der Waals surface area contributed by atoms with Gasteiger partial charge in [0.05, 0.1) is 12.3 Å². The Labute approximate surface area is 127 Å². The number of nitrogens with zero attached hydrogens (tertiary/aromatic N) is 1. The molecular weight excluding hydrogens is 325 g/mol. The molecule has 0 saturated heterocycles. The summed E-state index contributed by atoms with van der Waals surface area (Å²) in [5, 5.41) is 9.25. The number of halogens is 5. The molecule has 2 aromatic rings. The minimum Gasteiger partial charge on any atom is -0.392 e. The molecule has 22 heavy (non-hydrogen) atoms. The van der Waals surface area contributed by atoms with E-state index in [4.69, 9.17) is 0 Å². The molecule has 0 fully saturated rings. The number of aryl methyl sites for hydroxylation is 1. The van der Waals surface area contributed by atoms with Crippen LogP contribution in [0.1, 0.15) is 22.9 Å². The molecule has 1 heterocycles. The van der Waals surface area contributed by atoms with Gasteiger partial charge >= 0.3 is 12.1 Å². The van der Waals surface area contributed by atoms with Crippen LogP contribution >= 0.6 is 11.5 Å². The Morgan fingerprint density at radius 1 is 1.09 bits per heavy atom. The lowest BCUT2D eigenvalue weighted by Gasteiger charge is -2.19. The third-order valence-corrected chi connectivity index (χ3v) is 4.18. The van der Waals surface area contributed by atoms with E-state index in [0.29, 0.717) is 5.56 Å². The number of aliphatic hydroxyl groups is 1. The Morgan fingerprint density at radius 2 is 1.68 bits per heavy atom. The van der Waals surface area contributed by atoms with E-state index in [1.54, 1.807) is 24.3 Å². The average molecular weight is 337 g/mol. The van der Waals surface area contributed by atoms with Crippen LogP contribution in [0.5, 0.6) is 0 Å². The van der Waals surface area contributed by atoms with Crippen molar-refractivity contribution in [3.63, 3.8) is 0 Å². The first-order chi connectivity index (χ1) is 10.2. The van der Waals surface area contributed by atoms with Gasteiger partial charge in [0.25, 0.3) is 0 Å². The van der Waals surface area contributed by atoms with Crippen LogP contribution in [0.2, 0.25) is 0 Å². The van der Waals surface area contributed by atoms with Gasteiger partial charge in [-0.3, -0.25) is 0 Å². The summed E-state index contributed by atoms with van der Waals surface area (Å²) >= 11 is 0.0594. The zero-order valence-corrected chi connectivity index (χ0v) is 12.2. The number of hydrogen-bond acceptors (Lipinski definition) is 3. The monoisotopic (exact) mass is 337 g/mol. The standard InChI is InChI=1S/C14H12F5NOS/c1-2-8-3-5-9(6-4-8)11-10(7-21)12(22-20-11)13(15,16)14(17,18)19/h3-6,21H,2,7H2,1H3. The van der Waals surface area contributed by atoms with Crippen LogP contribution in [0.15, 0.2) is 24.3 Å². The molecule has 0 radical (unpaired) electrons. The summed E-state index contributed by atoms with van der Waals surface area (Å²) < 4.78 is 68.2. The third kappa shape index (κ3) is 2.85. The fourth-order valence-electron chi connectivity index (χ4n) is 1.96. The van der Waals surface area contributed by atoms with Crippen molar-refractivity contribution in [3.8, 4) is 11.3 Å². The molecule has 0 bridgehead atoms. The highest BCUT2D eigenvalue weighted by atomic mass is 32.1. The molecule has 1 N–H and O–H groups in total. The van der Waals surface area contributed by atoms with Gasteiger partial charge in [-0.25, -0.2) is 0 Å². The normalized spacial score (nSPS) is 12.7. The molecule has 120 valence electrons. The zero-order chi connectivity index (χ0) is 16.5. The van der Waals surface area contributed by atoms with E-state index in [2.05, 4.69) is 4.37 Å². The van der Waals surface area contributed by atoms with E-state index < -0.39 is 29.1 Å². The maximum absolute atomic E-state index is 13.5. The van der Waals surface area contributed by atoms with Crippen LogP contribution < -0.4 is 0 Å². The first-order valence-electron chi connectivity index (χ1n) is 6.36. The Morgan fingerprint density at radius 3 is 2.14 bits per heavy atom. The lowest BCUT2D eigenvalue weighted by atomic mass is 10.0. The Hall–Kier alpha value is -1.54. The average Bonchev–Trinajstić information content (AvgIpc) is 2.90. The van der Waals surface area contributed by atoms with Crippen molar-refractivity contribution < 1.29 is 27.1 Å². The smallest absolute Gasteiger partial charge is 0.392 e. The molecule has 8 heteroatoms. The lowest BCUT2D eigenvalue weighted by Crippen LogP contribution is -2.33. The molecule has 1 aromatic carbocycles. The van der Waals surface area contributed by atoms with Gasteiger partial charge in [0.2, 0.25) is 0 Å². The molecule has 0 atom stereocenters. The molecule has 2 rings (SSSR count). The van der Waals surface area contributed by atoms with Crippen LogP contribution in [0.25, 0.3) is 11.3 Å². The fraction of sp³-hybridized carbons (Fsp3) is 0.357. The van der Waals surface area contributed by atoms with E-state index in [9.17, 15) is 27.1 Å². The van der Waals surface area contributed by atoms with Gasteiger partial charge in [0, 0.05) is 11.1 Å². The van der Waals surface area contributed by atoms with E-state index >= 15 is 0 Å². The van der Waals surface area contributed by atoms with Crippen LogP contribution in [0, 0.1) is 0 Å². The molecule has 0 spiro atoms. The van der Waals surface area contributed by atoms with Crippen LogP contribution in [0.3, 0.4) is 0 Å². The molecule has 1 aromatic heterocycles. The molecular formula is C14H12F5NOS. The minimum absolute atomic E-state index is 0.0471. The summed E-state index contributed by atoms with van der Waals surface area (Å²) in [6.45, 7) is 0.987. The van der Waals surface area contributed by atoms with Gasteiger partial charge < -0.3 is 5.11 Å². The summed E-state index contributed by atoms with van der Waals surface area (Å²) in [6, 6.07) is 6.64. The van der Waals surface area contributed by atoms with Crippen molar-refractivity contribution in [1.82, 2.24) is 4.37 Å². The Balaban J connectivity index is 2.52. The van der Waals surface area contributed by atoms with Crippen LogP contribution in [0.4, 0.5) is 22.0 Å². The van der Waals surface area contributed by atoms with Gasteiger partial charge in [0.15, 0.2) is 0 Å².